The van der Waals surface area contributed by atoms with Crippen LogP contribution in [-0.2, 0) is 17.8 Å². The average Bonchev–Trinajstić information content (AvgIpc) is 3.43. The molecular formula is C21H17N3O3S. The lowest BCUT2D eigenvalue weighted by Gasteiger charge is -1.99. The maximum absolute atomic E-state index is 12.3. The second-order valence-corrected chi connectivity index (χ2v) is 6.90. The third kappa shape index (κ3) is 3.99. The van der Waals surface area contributed by atoms with Gasteiger partial charge in [0.2, 0.25) is 5.82 Å². The van der Waals surface area contributed by atoms with E-state index in [0.29, 0.717) is 5.82 Å². The van der Waals surface area contributed by atoms with E-state index in [1.807, 2.05) is 42.5 Å². The fourth-order valence-corrected chi connectivity index (χ4v) is 3.40. The fraction of sp³-hybridized carbons (Fsp3) is 0.143. The number of aryl methyl sites for hydroxylation is 1. The van der Waals surface area contributed by atoms with Crippen molar-refractivity contribution in [3.63, 3.8) is 0 Å². The minimum atomic E-state index is -0.521. The summed E-state index contributed by atoms with van der Waals surface area (Å²) >= 11 is 1.40. The van der Waals surface area contributed by atoms with E-state index in [0.717, 1.165) is 22.6 Å². The van der Waals surface area contributed by atoms with Crippen LogP contribution in [0.15, 0.2) is 64.5 Å². The highest BCUT2D eigenvalue weighted by atomic mass is 32.1. The molecule has 4 aromatic rings. The van der Waals surface area contributed by atoms with Crippen molar-refractivity contribution in [2.75, 3.05) is 0 Å². The largest absolute Gasteiger partial charge is 0.451 e. The molecule has 6 nitrogen and oxygen atoms in total. The zero-order valence-electron chi connectivity index (χ0n) is 15.2. The predicted octanol–water partition coefficient (Wildman–Crippen LogP) is 4.78. The molecule has 2 aromatic carbocycles. The molecule has 0 fully saturated rings. The molecule has 140 valence electrons. The molecule has 0 radical (unpaired) electrons. The summed E-state index contributed by atoms with van der Waals surface area (Å²) in [5, 5.41) is 6.37. The van der Waals surface area contributed by atoms with Crippen LogP contribution in [0.4, 0.5) is 0 Å². The van der Waals surface area contributed by atoms with Gasteiger partial charge in [-0.2, -0.15) is 4.98 Å². The van der Waals surface area contributed by atoms with E-state index < -0.39 is 5.97 Å². The summed E-state index contributed by atoms with van der Waals surface area (Å²) in [5.74, 6) is 0.170. The quantitative estimate of drug-likeness (QED) is 0.440. The van der Waals surface area contributed by atoms with Crippen molar-refractivity contribution in [2.45, 2.75) is 20.0 Å². The molecule has 0 atom stereocenters. The molecule has 0 aliphatic heterocycles. The topological polar surface area (TPSA) is 78.1 Å². The van der Waals surface area contributed by atoms with Crippen molar-refractivity contribution in [3.8, 4) is 22.0 Å². The van der Waals surface area contributed by atoms with Crippen molar-refractivity contribution in [2.24, 2.45) is 0 Å². The Hall–Kier alpha value is -3.32. The number of hydrogen-bond donors (Lipinski definition) is 0. The summed E-state index contributed by atoms with van der Waals surface area (Å²) in [6.07, 6.45) is 0.984. The number of aromatic nitrogens is 3. The van der Waals surface area contributed by atoms with Crippen LogP contribution in [0.2, 0.25) is 0 Å². The van der Waals surface area contributed by atoms with Crippen molar-refractivity contribution < 1.29 is 14.1 Å². The van der Waals surface area contributed by atoms with E-state index in [1.54, 1.807) is 5.38 Å². The first kappa shape index (κ1) is 18.1. The Morgan fingerprint density at radius 2 is 1.82 bits per heavy atom. The molecule has 0 aliphatic carbocycles. The van der Waals surface area contributed by atoms with Crippen LogP contribution in [0.5, 0.6) is 0 Å². The van der Waals surface area contributed by atoms with Gasteiger partial charge in [0.25, 0.3) is 5.89 Å². The number of thiazole rings is 1. The summed E-state index contributed by atoms with van der Waals surface area (Å²) in [7, 11) is 0. The minimum Gasteiger partial charge on any atom is -0.451 e. The molecule has 2 heterocycles. The summed E-state index contributed by atoms with van der Waals surface area (Å²) < 4.78 is 10.4. The Kier molecular flexibility index (Phi) is 5.25. The number of ether oxygens (including phenoxy) is 1. The Bertz CT molecular complexity index is 1070. The molecule has 0 saturated heterocycles. The lowest BCUT2D eigenvalue weighted by molar-refractivity contribution is 0.0424. The molecule has 0 saturated carbocycles. The van der Waals surface area contributed by atoms with Gasteiger partial charge in [-0.3, -0.25) is 0 Å². The monoisotopic (exact) mass is 391 g/mol. The molecule has 0 bridgehead atoms. The number of hydrogen-bond acceptors (Lipinski definition) is 7. The molecular weight excluding hydrogens is 374 g/mol. The summed E-state index contributed by atoms with van der Waals surface area (Å²) in [6.45, 7) is 2.01. The summed E-state index contributed by atoms with van der Waals surface area (Å²) in [4.78, 5) is 20.9. The first-order valence-corrected chi connectivity index (χ1v) is 9.71. The highest BCUT2D eigenvalue weighted by molar-refractivity contribution is 7.13. The van der Waals surface area contributed by atoms with Crippen LogP contribution in [-0.4, -0.2) is 21.1 Å². The van der Waals surface area contributed by atoms with E-state index >= 15 is 0 Å². The maximum Gasteiger partial charge on any atom is 0.358 e. The van der Waals surface area contributed by atoms with Gasteiger partial charge in [0, 0.05) is 16.5 Å². The highest BCUT2D eigenvalue weighted by Gasteiger charge is 2.16. The normalized spacial score (nSPS) is 10.8. The molecule has 0 unspecified atom stereocenters. The highest BCUT2D eigenvalue weighted by Crippen LogP contribution is 2.24. The summed E-state index contributed by atoms with van der Waals surface area (Å²) in [5.41, 5.74) is 3.34. The molecule has 2 aromatic heterocycles. The smallest absolute Gasteiger partial charge is 0.358 e. The van der Waals surface area contributed by atoms with Gasteiger partial charge in [0.15, 0.2) is 12.3 Å². The van der Waals surface area contributed by atoms with Crippen LogP contribution < -0.4 is 0 Å². The van der Waals surface area contributed by atoms with Gasteiger partial charge in [-0.05, 0) is 12.0 Å². The second-order valence-electron chi connectivity index (χ2n) is 6.04. The average molecular weight is 391 g/mol. The number of esters is 1. The van der Waals surface area contributed by atoms with Crippen molar-refractivity contribution in [1.82, 2.24) is 15.1 Å². The number of benzene rings is 2. The summed E-state index contributed by atoms with van der Waals surface area (Å²) in [6, 6.07) is 17.6. The van der Waals surface area contributed by atoms with Gasteiger partial charge >= 0.3 is 5.97 Å². The fourth-order valence-electron chi connectivity index (χ4n) is 2.60. The molecule has 0 N–H and O–H groups in total. The molecule has 0 spiro atoms. The standard InChI is InChI=1S/C21H17N3O3S/c1-2-14-8-10-16(11-9-14)20-22-17(13-28-20)21(25)26-12-18-23-19(24-27-18)15-6-4-3-5-7-15/h3-11,13H,2,12H2,1H3. The van der Waals surface area contributed by atoms with Gasteiger partial charge in [-0.1, -0.05) is 66.7 Å². The van der Waals surface area contributed by atoms with E-state index in [4.69, 9.17) is 9.26 Å². The minimum absolute atomic E-state index is 0.100. The van der Waals surface area contributed by atoms with E-state index in [2.05, 4.69) is 34.2 Å². The number of rotatable bonds is 6. The van der Waals surface area contributed by atoms with Crippen LogP contribution in [0, 0.1) is 0 Å². The van der Waals surface area contributed by atoms with Gasteiger partial charge in [0.1, 0.15) is 5.01 Å². The van der Waals surface area contributed by atoms with Gasteiger partial charge in [-0.15, -0.1) is 11.3 Å². The van der Waals surface area contributed by atoms with Crippen molar-refractivity contribution >= 4 is 17.3 Å². The Balaban J connectivity index is 1.39. The Morgan fingerprint density at radius 1 is 1.04 bits per heavy atom. The van der Waals surface area contributed by atoms with E-state index in [1.165, 1.54) is 16.9 Å². The van der Waals surface area contributed by atoms with Crippen LogP contribution in [0.25, 0.3) is 22.0 Å². The van der Waals surface area contributed by atoms with E-state index in [9.17, 15) is 4.79 Å². The van der Waals surface area contributed by atoms with Gasteiger partial charge < -0.3 is 9.26 Å². The Labute approximate surface area is 165 Å². The third-order valence-electron chi connectivity index (χ3n) is 4.15. The first-order valence-electron chi connectivity index (χ1n) is 8.83. The van der Waals surface area contributed by atoms with Crippen LogP contribution in [0.1, 0.15) is 28.9 Å². The second kappa shape index (κ2) is 8.14. The number of nitrogens with zero attached hydrogens (tertiary/aromatic N) is 3. The number of carbonyl (C=O) groups is 1. The SMILES string of the molecule is CCc1ccc(-c2nc(C(=O)OCc3nc(-c4ccccc4)no3)cs2)cc1. The molecule has 4 rings (SSSR count). The molecule has 28 heavy (non-hydrogen) atoms. The van der Waals surface area contributed by atoms with Crippen molar-refractivity contribution in [1.29, 1.82) is 0 Å². The van der Waals surface area contributed by atoms with Gasteiger partial charge in [0.05, 0.1) is 0 Å². The molecule has 7 heteroatoms. The maximum atomic E-state index is 12.3. The zero-order valence-corrected chi connectivity index (χ0v) is 16.0. The lowest BCUT2D eigenvalue weighted by Crippen LogP contribution is -2.05. The molecule has 0 amide bonds. The lowest BCUT2D eigenvalue weighted by atomic mass is 10.1. The zero-order chi connectivity index (χ0) is 19.3. The first-order chi connectivity index (χ1) is 13.7. The Morgan fingerprint density at radius 3 is 2.57 bits per heavy atom. The van der Waals surface area contributed by atoms with Crippen molar-refractivity contribution in [3.05, 3.63) is 77.1 Å². The molecule has 0 aliphatic rings. The van der Waals surface area contributed by atoms with Crippen LogP contribution in [0.3, 0.4) is 0 Å². The van der Waals surface area contributed by atoms with Gasteiger partial charge in [-0.25, -0.2) is 9.78 Å². The number of carbonyl (C=O) groups excluding carboxylic acids is 1. The third-order valence-corrected chi connectivity index (χ3v) is 5.04. The van der Waals surface area contributed by atoms with E-state index in [-0.39, 0.29) is 18.2 Å². The van der Waals surface area contributed by atoms with Crippen LogP contribution >= 0.6 is 11.3 Å². The predicted molar refractivity (Wildman–Crippen MR) is 106 cm³/mol.